The van der Waals surface area contributed by atoms with E-state index in [1.165, 1.54) is 0 Å². The quantitative estimate of drug-likeness (QED) is 0.515. The zero-order valence-corrected chi connectivity index (χ0v) is 16.4. The Hall–Kier alpha value is -3.39. The van der Waals surface area contributed by atoms with Crippen molar-refractivity contribution in [2.24, 2.45) is 0 Å². The molecule has 7 nitrogen and oxygen atoms in total. The Morgan fingerprint density at radius 1 is 0.964 bits per heavy atom. The highest BCUT2D eigenvalue weighted by atomic mass is 32.1. The van der Waals surface area contributed by atoms with E-state index >= 15 is 0 Å². The van der Waals surface area contributed by atoms with Crippen molar-refractivity contribution in [3.8, 4) is 28.5 Å². The summed E-state index contributed by atoms with van der Waals surface area (Å²) in [6, 6.07) is 9.44. The largest absolute Gasteiger partial charge is 0.493 e. The number of rotatable bonds is 6. The Bertz CT molecular complexity index is 1090. The second-order valence-electron chi connectivity index (χ2n) is 5.81. The van der Waals surface area contributed by atoms with Crippen molar-refractivity contribution in [3.05, 3.63) is 48.1 Å². The van der Waals surface area contributed by atoms with Crippen molar-refractivity contribution in [2.75, 3.05) is 26.6 Å². The van der Waals surface area contributed by atoms with Gasteiger partial charge in [0.1, 0.15) is 0 Å². The van der Waals surface area contributed by atoms with Gasteiger partial charge in [0.2, 0.25) is 11.7 Å². The summed E-state index contributed by atoms with van der Waals surface area (Å²) in [5, 5.41) is 5.26. The summed E-state index contributed by atoms with van der Waals surface area (Å²) >= 11 is 1.59. The summed E-state index contributed by atoms with van der Waals surface area (Å²) < 4.78 is 17.2. The number of fused-ring (bicyclic) bond motifs is 1. The highest BCUT2D eigenvalue weighted by Crippen LogP contribution is 2.40. The van der Waals surface area contributed by atoms with E-state index in [9.17, 15) is 0 Å². The van der Waals surface area contributed by atoms with Crippen LogP contribution in [0.15, 0.2) is 48.1 Å². The lowest BCUT2D eigenvalue weighted by Crippen LogP contribution is -2.00. The third-order valence-corrected chi connectivity index (χ3v) is 5.08. The minimum atomic E-state index is 0.470. The van der Waals surface area contributed by atoms with Crippen LogP contribution < -0.4 is 19.5 Å². The zero-order valence-electron chi connectivity index (χ0n) is 15.6. The molecule has 1 aromatic carbocycles. The first-order valence-electron chi connectivity index (χ1n) is 8.46. The fourth-order valence-electron chi connectivity index (χ4n) is 2.87. The van der Waals surface area contributed by atoms with Crippen molar-refractivity contribution in [2.45, 2.75) is 0 Å². The lowest BCUT2D eigenvalue weighted by Gasteiger charge is -2.14. The van der Waals surface area contributed by atoms with Crippen molar-refractivity contribution in [1.82, 2.24) is 15.0 Å². The van der Waals surface area contributed by atoms with Gasteiger partial charge in [0.15, 0.2) is 11.5 Å². The van der Waals surface area contributed by atoms with E-state index in [2.05, 4.69) is 15.3 Å². The number of anilines is 2. The Morgan fingerprint density at radius 2 is 1.75 bits per heavy atom. The van der Waals surface area contributed by atoms with Gasteiger partial charge in [0.25, 0.3) is 0 Å². The van der Waals surface area contributed by atoms with Gasteiger partial charge < -0.3 is 19.5 Å². The molecule has 0 spiro atoms. The molecule has 0 fully saturated rings. The average Bonchev–Trinajstić information content (AvgIpc) is 3.16. The molecule has 0 radical (unpaired) electrons. The van der Waals surface area contributed by atoms with E-state index in [1.807, 2.05) is 35.7 Å². The van der Waals surface area contributed by atoms with Crippen LogP contribution in [0.25, 0.3) is 21.5 Å². The van der Waals surface area contributed by atoms with E-state index in [4.69, 9.17) is 19.2 Å². The van der Waals surface area contributed by atoms with Gasteiger partial charge in [-0.15, -0.1) is 11.3 Å². The predicted molar refractivity (Wildman–Crippen MR) is 110 cm³/mol. The summed E-state index contributed by atoms with van der Waals surface area (Å²) in [7, 11) is 4.72. The average molecular weight is 394 g/mol. The molecule has 4 aromatic rings. The normalized spacial score (nSPS) is 10.7. The molecular formula is C20H18N4O3S. The van der Waals surface area contributed by atoms with Crippen LogP contribution in [-0.2, 0) is 0 Å². The second kappa shape index (κ2) is 7.69. The van der Waals surface area contributed by atoms with Crippen molar-refractivity contribution < 1.29 is 14.2 Å². The first kappa shape index (κ1) is 18.0. The van der Waals surface area contributed by atoms with Crippen molar-refractivity contribution in [3.63, 3.8) is 0 Å². The number of nitrogens with one attached hydrogen (secondary N) is 1. The third-order valence-electron chi connectivity index (χ3n) is 4.18. The maximum absolute atomic E-state index is 5.40. The number of nitrogens with zero attached hydrogens (tertiary/aromatic N) is 3. The molecule has 8 heteroatoms. The molecule has 0 aliphatic heterocycles. The van der Waals surface area contributed by atoms with Gasteiger partial charge in [-0.25, -0.2) is 9.97 Å². The molecule has 0 saturated carbocycles. The molecule has 28 heavy (non-hydrogen) atoms. The van der Waals surface area contributed by atoms with Gasteiger partial charge in [-0.3, -0.25) is 4.98 Å². The smallest absolute Gasteiger partial charge is 0.227 e. The summed E-state index contributed by atoms with van der Waals surface area (Å²) in [6.45, 7) is 0. The number of pyridine rings is 1. The zero-order chi connectivity index (χ0) is 19.5. The highest BCUT2D eigenvalue weighted by molar-refractivity contribution is 7.17. The minimum Gasteiger partial charge on any atom is -0.493 e. The van der Waals surface area contributed by atoms with E-state index in [1.54, 1.807) is 45.1 Å². The van der Waals surface area contributed by atoms with Crippen LogP contribution in [0, 0.1) is 0 Å². The molecule has 4 rings (SSSR count). The molecular weight excluding hydrogens is 376 g/mol. The summed E-state index contributed by atoms with van der Waals surface area (Å²) in [4.78, 5) is 13.5. The predicted octanol–water partition coefficient (Wildman–Crippen LogP) is 4.52. The number of methoxy groups -OCH3 is 3. The van der Waals surface area contributed by atoms with Crippen LogP contribution in [0.5, 0.6) is 17.2 Å². The Kier molecular flexibility index (Phi) is 4.94. The second-order valence-corrected chi connectivity index (χ2v) is 6.72. The van der Waals surface area contributed by atoms with Gasteiger partial charge in [-0.2, -0.15) is 0 Å². The minimum absolute atomic E-state index is 0.470. The molecule has 0 saturated heterocycles. The Labute approximate surface area is 166 Å². The molecule has 3 heterocycles. The first-order valence-corrected chi connectivity index (χ1v) is 9.34. The summed E-state index contributed by atoms with van der Waals surface area (Å²) in [6.07, 6.45) is 3.58. The maximum atomic E-state index is 5.40. The molecule has 0 bridgehead atoms. The molecule has 0 aliphatic carbocycles. The van der Waals surface area contributed by atoms with E-state index in [0.29, 0.717) is 23.2 Å². The van der Waals surface area contributed by atoms with Crippen LogP contribution >= 0.6 is 11.3 Å². The first-order chi connectivity index (χ1) is 13.7. The van der Waals surface area contributed by atoms with Gasteiger partial charge in [0.05, 0.1) is 43.4 Å². The van der Waals surface area contributed by atoms with Crippen LogP contribution in [-0.4, -0.2) is 36.3 Å². The number of hydrogen-bond acceptors (Lipinski definition) is 8. The van der Waals surface area contributed by atoms with Crippen molar-refractivity contribution in [1.29, 1.82) is 0 Å². The fraction of sp³-hybridized carbons (Fsp3) is 0.150. The molecule has 3 aromatic heterocycles. The number of hydrogen-bond donors (Lipinski definition) is 1. The van der Waals surface area contributed by atoms with E-state index in [-0.39, 0.29) is 0 Å². The number of ether oxygens (including phenoxy) is 3. The monoisotopic (exact) mass is 394 g/mol. The topological polar surface area (TPSA) is 78.4 Å². The van der Waals surface area contributed by atoms with Crippen LogP contribution in [0.1, 0.15) is 0 Å². The van der Waals surface area contributed by atoms with Gasteiger partial charge >= 0.3 is 0 Å². The molecule has 0 unspecified atom stereocenters. The molecule has 0 amide bonds. The molecule has 0 aliphatic rings. The Balaban J connectivity index is 1.73. The lowest BCUT2D eigenvalue weighted by molar-refractivity contribution is 0.324. The summed E-state index contributed by atoms with van der Waals surface area (Å²) in [5.74, 6) is 2.10. The van der Waals surface area contributed by atoms with E-state index in [0.717, 1.165) is 27.2 Å². The number of aromatic nitrogens is 3. The molecule has 142 valence electrons. The fourth-order valence-corrected chi connectivity index (χ4v) is 3.73. The van der Waals surface area contributed by atoms with Crippen molar-refractivity contribution >= 4 is 33.2 Å². The van der Waals surface area contributed by atoms with Crippen LogP contribution in [0.4, 0.5) is 11.6 Å². The van der Waals surface area contributed by atoms with Crippen LogP contribution in [0.3, 0.4) is 0 Å². The highest BCUT2D eigenvalue weighted by Gasteiger charge is 2.15. The van der Waals surface area contributed by atoms with Gasteiger partial charge in [0, 0.05) is 35.0 Å². The third kappa shape index (κ3) is 3.29. The summed E-state index contributed by atoms with van der Waals surface area (Å²) in [5.41, 5.74) is 3.44. The molecule has 1 N–H and O–H groups in total. The van der Waals surface area contributed by atoms with Crippen LogP contribution in [0.2, 0.25) is 0 Å². The lowest BCUT2D eigenvalue weighted by atomic mass is 10.2. The van der Waals surface area contributed by atoms with E-state index < -0.39 is 0 Å². The molecule has 0 atom stereocenters. The van der Waals surface area contributed by atoms with Gasteiger partial charge in [-0.05, 0) is 12.1 Å². The van der Waals surface area contributed by atoms with Gasteiger partial charge in [-0.1, -0.05) is 6.07 Å². The Morgan fingerprint density at radius 3 is 2.39 bits per heavy atom. The number of benzene rings is 1. The maximum Gasteiger partial charge on any atom is 0.227 e. The SMILES string of the molecule is COc1cc(Nc2ncc3scc(-c4ccccn4)c3n2)cc(OC)c1OC. The number of thiophene rings is 1. The standard InChI is InChI=1S/C20H18N4O3S/c1-25-15-8-12(9-16(26-2)19(15)27-3)23-20-22-10-17-18(24-20)13(11-28-17)14-6-4-5-7-21-14/h4-11H,1-3H3,(H,22,23,24).